The lowest BCUT2D eigenvalue weighted by Gasteiger charge is -2.04. The van der Waals surface area contributed by atoms with Crippen molar-refractivity contribution in [2.24, 2.45) is 5.92 Å². The maximum Gasteiger partial charge on any atom is 0.413 e. The molecule has 6 nitrogen and oxygen atoms in total. The Morgan fingerprint density at radius 2 is 2.14 bits per heavy atom. The van der Waals surface area contributed by atoms with Gasteiger partial charge in [-0.1, -0.05) is 30.3 Å². The van der Waals surface area contributed by atoms with E-state index in [1.165, 1.54) is 11.3 Å². The zero-order chi connectivity index (χ0) is 15.5. The van der Waals surface area contributed by atoms with Crippen LogP contribution in [-0.4, -0.2) is 22.2 Å². The number of aromatic nitrogens is 1. The van der Waals surface area contributed by atoms with E-state index in [1.807, 2.05) is 30.3 Å². The first-order valence-corrected chi connectivity index (χ1v) is 7.67. The molecular weight excluding hydrogens is 304 g/mol. The van der Waals surface area contributed by atoms with Gasteiger partial charge < -0.3 is 9.84 Å². The van der Waals surface area contributed by atoms with E-state index in [9.17, 15) is 9.59 Å². The zero-order valence-corrected chi connectivity index (χ0v) is 12.4. The highest BCUT2D eigenvalue weighted by atomic mass is 32.1. The van der Waals surface area contributed by atoms with Crippen LogP contribution in [0.3, 0.4) is 0 Å². The second-order valence-electron chi connectivity index (χ2n) is 5.05. The molecule has 3 rings (SSSR count). The van der Waals surface area contributed by atoms with E-state index in [0.717, 1.165) is 11.3 Å². The van der Waals surface area contributed by atoms with Gasteiger partial charge in [0.2, 0.25) is 0 Å². The lowest BCUT2D eigenvalue weighted by Crippen LogP contribution is -2.13. The highest BCUT2D eigenvalue weighted by Crippen LogP contribution is 2.47. The largest absolute Gasteiger partial charge is 0.481 e. The second kappa shape index (κ2) is 6.15. The first-order valence-electron chi connectivity index (χ1n) is 6.79. The number of nitrogens with one attached hydrogen (secondary N) is 1. The van der Waals surface area contributed by atoms with E-state index in [0.29, 0.717) is 11.6 Å². The van der Waals surface area contributed by atoms with Crippen molar-refractivity contribution in [2.75, 3.05) is 5.32 Å². The Hall–Kier alpha value is -2.41. The summed E-state index contributed by atoms with van der Waals surface area (Å²) in [6.45, 7) is 0.189. The van der Waals surface area contributed by atoms with Crippen molar-refractivity contribution in [1.29, 1.82) is 0 Å². The van der Waals surface area contributed by atoms with Crippen molar-refractivity contribution < 1.29 is 19.4 Å². The number of thiazole rings is 1. The monoisotopic (exact) mass is 318 g/mol. The molecule has 1 aromatic carbocycles. The lowest BCUT2D eigenvalue weighted by molar-refractivity contribution is -0.138. The fourth-order valence-corrected chi connectivity index (χ4v) is 2.92. The molecule has 1 aliphatic rings. The molecule has 114 valence electrons. The van der Waals surface area contributed by atoms with Crippen LogP contribution in [-0.2, 0) is 16.1 Å². The summed E-state index contributed by atoms with van der Waals surface area (Å²) in [5.41, 5.74) is 1.62. The number of hydrogen-bond acceptors (Lipinski definition) is 5. The summed E-state index contributed by atoms with van der Waals surface area (Å²) >= 11 is 1.27. The minimum absolute atomic E-state index is 0.0374. The fourth-order valence-electron chi connectivity index (χ4n) is 2.16. The Morgan fingerprint density at radius 3 is 2.82 bits per heavy atom. The Balaban J connectivity index is 1.50. The highest BCUT2D eigenvalue weighted by Gasteiger charge is 2.45. The number of anilines is 1. The number of nitrogens with zero attached hydrogens (tertiary/aromatic N) is 1. The zero-order valence-electron chi connectivity index (χ0n) is 11.6. The highest BCUT2D eigenvalue weighted by molar-refractivity contribution is 7.13. The van der Waals surface area contributed by atoms with Gasteiger partial charge in [-0.25, -0.2) is 9.78 Å². The maximum atomic E-state index is 11.7. The summed E-state index contributed by atoms with van der Waals surface area (Å²) in [6.07, 6.45) is 0.0343. The average molecular weight is 318 g/mol. The van der Waals surface area contributed by atoms with Gasteiger partial charge in [0.25, 0.3) is 0 Å². The molecule has 22 heavy (non-hydrogen) atoms. The van der Waals surface area contributed by atoms with Crippen molar-refractivity contribution in [1.82, 2.24) is 4.98 Å². The van der Waals surface area contributed by atoms with Gasteiger partial charge in [0.05, 0.1) is 11.6 Å². The van der Waals surface area contributed by atoms with Gasteiger partial charge >= 0.3 is 12.1 Å². The summed E-state index contributed by atoms with van der Waals surface area (Å²) in [5, 5.41) is 13.7. The molecule has 1 amide bonds. The van der Waals surface area contributed by atoms with Gasteiger partial charge in [0, 0.05) is 11.3 Å². The minimum Gasteiger partial charge on any atom is -0.481 e. The quantitative estimate of drug-likeness (QED) is 0.884. The Morgan fingerprint density at radius 1 is 1.36 bits per heavy atom. The van der Waals surface area contributed by atoms with Crippen LogP contribution in [0.15, 0.2) is 35.7 Å². The summed E-state index contributed by atoms with van der Waals surface area (Å²) in [6, 6.07) is 9.38. The van der Waals surface area contributed by atoms with Crippen LogP contribution < -0.4 is 5.32 Å². The van der Waals surface area contributed by atoms with Crippen molar-refractivity contribution in [3.63, 3.8) is 0 Å². The first kappa shape index (κ1) is 14.5. The number of benzene rings is 1. The Bertz CT molecular complexity index is 686. The third-order valence-electron chi connectivity index (χ3n) is 3.43. The first-order chi connectivity index (χ1) is 10.6. The van der Waals surface area contributed by atoms with Crippen LogP contribution in [0.2, 0.25) is 0 Å². The molecule has 1 aliphatic carbocycles. The Labute approximate surface area is 130 Å². The standard InChI is InChI=1S/C15H14N2O4S/c18-13(19)11-6-10(11)12-8-22-14(16-12)17-15(20)21-7-9-4-2-1-3-5-9/h1-5,8,10-11H,6-7H2,(H,18,19)(H,16,17,20)/t10-,11-/m1/s1. The van der Waals surface area contributed by atoms with E-state index in [2.05, 4.69) is 10.3 Å². The lowest BCUT2D eigenvalue weighted by atomic mass is 10.2. The molecule has 7 heteroatoms. The molecule has 2 aromatic rings. The average Bonchev–Trinajstić information content (AvgIpc) is 3.20. The summed E-state index contributed by atoms with van der Waals surface area (Å²) < 4.78 is 5.10. The van der Waals surface area contributed by atoms with E-state index < -0.39 is 12.1 Å². The van der Waals surface area contributed by atoms with Crippen molar-refractivity contribution in [3.8, 4) is 0 Å². The predicted octanol–water partition coefficient (Wildman–Crippen LogP) is 3.08. The number of carboxylic acids is 1. The molecule has 0 aliphatic heterocycles. The summed E-state index contributed by atoms with van der Waals surface area (Å²) in [7, 11) is 0. The van der Waals surface area contributed by atoms with E-state index >= 15 is 0 Å². The molecule has 0 radical (unpaired) electrons. The minimum atomic E-state index is -0.796. The predicted molar refractivity (Wildman–Crippen MR) is 80.8 cm³/mol. The van der Waals surface area contributed by atoms with Gasteiger partial charge in [0.1, 0.15) is 6.61 Å². The summed E-state index contributed by atoms with van der Waals surface area (Å²) in [4.78, 5) is 26.8. The number of ether oxygens (including phenoxy) is 1. The van der Waals surface area contributed by atoms with Gasteiger partial charge in [-0.3, -0.25) is 10.1 Å². The van der Waals surface area contributed by atoms with Crippen LogP contribution >= 0.6 is 11.3 Å². The van der Waals surface area contributed by atoms with Crippen LogP contribution in [0, 0.1) is 5.92 Å². The van der Waals surface area contributed by atoms with Gasteiger partial charge in [0.15, 0.2) is 5.13 Å². The number of rotatable bonds is 5. The topological polar surface area (TPSA) is 88.5 Å². The number of carbonyl (C=O) groups excluding carboxylic acids is 1. The third-order valence-corrected chi connectivity index (χ3v) is 4.21. The molecule has 0 unspecified atom stereocenters. The van der Waals surface area contributed by atoms with Crippen LogP contribution in [0.5, 0.6) is 0 Å². The smallest absolute Gasteiger partial charge is 0.413 e. The van der Waals surface area contributed by atoms with E-state index in [4.69, 9.17) is 9.84 Å². The molecular formula is C15H14N2O4S. The van der Waals surface area contributed by atoms with E-state index in [1.54, 1.807) is 5.38 Å². The molecule has 2 atom stereocenters. The van der Waals surface area contributed by atoms with Crippen LogP contribution in [0.25, 0.3) is 0 Å². The molecule has 1 aromatic heterocycles. The molecule has 1 fully saturated rings. The van der Waals surface area contributed by atoms with Crippen molar-refractivity contribution in [3.05, 3.63) is 47.0 Å². The van der Waals surface area contributed by atoms with Gasteiger partial charge in [-0.15, -0.1) is 11.3 Å². The molecule has 2 N–H and O–H groups in total. The maximum absolute atomic E-state index is 11.7. The molecule has 0 saturated heterocycles. The van der Waals surface area contributed by atoms with Crippen molar-refractivity contribution in [2.45, 2.75) is 18.9 Å². The molecule has 0 bridgehead atoms. The fraction of sp³-hybridized carbons (Fsp3) is 0.267. The second-order valence-corrected chi connectivity index (χ2v) is 5.91. The normalized spacial score (nSPS) is 19.5. The number of amides is 1. The number of carboxylic acid groups (broad SMARTS) is 1. The number of hydrogen-bond donors (Lipinski definition) is 2. The van der Waals surface area contributed by atoms with Gasteiger partial charge in [-0.05, 0) is 12.0 Å². The van der Waals surface area contributed by atoms with Gasteiger partial charge in [-0.2, -0.15) is 0 Å². The molecule has 0 spiro atoms. The van der Waals surface area contributed by atoms with E-state index in [-0.39, 0.29) is 18.4 Å². The Kier molecular flexibility index (Phi) is 4.06. The SMILES string of the molecule is O=C(Nc1nc([C@@H]2C[C@H]2C(=O)O)cs1)OCc1ccccc1. The number of aliphatic carboxylic acids is 1. The van der Waals surface area contributed by atoms with Crippen molar-refractivity contribution >= 4 is 28.5 Å². The summed E-state index contributed by atoms with van der Waals surface area (Å²) in [5.74, 6) is -1.18. The number of carbonyl (C=O) groups is 2. The molecule has 1 saturated carbocycles. The molecule has 1 heterocycles. The van der Waals surface area contributed by atoms with Crippen LogP contribution in [0.4, 0.5) is 9.93 Å². The third kappa shape index (κ3) is 3.43. The van der Waals surface area contributed by atoms with Crippen LogP contribution in [0.1, 0.15) is 23.6 Å².